The standard InChI is InChI=1S/C19H28N2O2/c1-14-10-15(2)12-21(11-14)18(22)13-20-9-5-7-16-6-4-8-17(23-3)19(16)20/h4,6,8,14-15H,5,7,9-13H2,1-3H3. The summed E-state index contributed by atoms with van der Waals surface area (Å²) in [4.78, 5) is 17.1. The van der Waals surface area contributed by atoms with Crippen molar-refractivity contribution in [3.63, 3.8) is 0 Å². The maximum atomic E-state index is 12.8. The Morgan fingerprint density at radius 2 is 2.00 bits per heavy atom. The van der Waals surface area contributed by atoms with E-state index >= 15 is 0 Å². The van der Waals surface area contributed by atoms with Gasteiger partial charge in [-0.15, -0.1) is 0 Å². The summed E-state index contributed by atoms with van der Waals surface area (Å²) in [6, 6.07) is 6.18. The predicted molar refractivity (Wildman–Crippen MR) is 93.1 cm³/mol. The van der Waals surface area contributed by atoms with Gasteiger partial charge in [0.1, 0.15) is 5.75 Å². The van der Waals surface area contributed by atoms with Crippen LogP contribution >= 0.6 is 0 Å². The number of fused-ring (bicyclic) bond motifs is 1. The van der Waals surface area contributed by atoms with Gasteiger partial charge in [-0.1, -0.05) is 26.0 Å². The van der Waals surface area contributed by atoms with E-state index in [-0.39, 0.29) is 5.91 Å². The van der Waals surface area contributed by atoms with Crippen molar-refractivity contribution in [2.75, 3.05) is 38.2 Å². The number of ether oxygens (including phenoxy) is 1. The summed E-state index contributed by atoms with van der Waals surface area (Å²) in [6.45, 7) is 7.68. The smallest absolute Gasteiger partial charge is 0.242 e. The van der Waals surface area contributed by atoms with Crippen molar-refractivity contribution >= 4 is 11.6 Å². The van der Waals surface area contributed by atoms with E-state index in [0.717, 1.165) is 43.9 Å². The molecule has 2 heterocycles. The molecule has 4 heteroatoms. The Morgan fingerprint density at radius 3 is 2.70 bits per heavy atom. The van der Waals surface area contributed by atoms with E-state index in [9.17, 15) is 4.79 Å². The first kappa shape index (κ1) is 16.2. The molecule has 0 spiro atoms. The minimum atomic E-state index is 0.252. The monoisotopic (exact) mass is 316 g/mol. The largest absolute Gasteiger partial charge is 0.495 e. The first-order chi connectivity index (χ1) is 11.1. The van der Waals surface area contributed by atoms with Crippen LogP contribution in [0.25, 0.3) is 0 Å². The molecule has 0 saturated carbocycles. The average Bonchev–Trinajstić information content (AvgIpc) is 2.53. The Labute approximate surface area is 139 Å². The molecule has 0 aromatic heterocycles. The molecular formula is C19H28N2O2. The number of likely N-dealkylation sites (tertiary alicyclic amines) is 1. The van der Waals surface area contributed by atoms with Crippen LogP contribution in [0.15, 0.2) is 18.2 Å². The molecule has 2 aliphatic heterocycles. The third-order valence-corrected chi connectivity index (χ3v) is 5.04. The van der Waals surface area contributed by atoms with Crippen molar-refractivity contribution < 1.29 is 9.53 Å². The number of carbonyl (C=O) groups excluding carboxylic acids is 1. The number of para-hydroxylation sites is 1. The molecule has 1 saturated heterocycles. The molecule has 2 atom stereocenters. The first-order valence-electron chi connectivity index (χ1n) is 8.77. The quantitative estimate of drug-likeness (QED) is 0.859. The SMILES string of the molecule is COc1cccc2c1N(CC(=O)N1CC(C)CC(C)C1)CCC2. The van der Waals surface area contributed by atoms with Gasteiger partial charge >= 0.3 is 0 Å². The van der Waals surface area contributed by atoms with Gasteiger partial charge in [0.25, 0.3) is 0 Å². The molecule has 4 nitrogen and oxygen atoms in total. The van der Waals surface area contributed by atoms with E-state index in [1.54, 1.807) is 7.11 Å². The minimum absolute atomic E-state index is 0.252. The number of methoxy groups -OCH3 is 1. The molecule has 126 valence electrons. The van der Waals surface area contributed by atoms with E-state index in [2.05, 4.69) is 29.7 Å². The van der Waals surface area contributed by atoms with Gasteiger partial charge in [0, 0.05) is 19.6 Å². The fourth-order valence-corrected chi connectivity index (χ4v) is 4.15. The second-order valence-corrected chi connectivity index (χ2v) is 7.24. The highest BCUT2D eigenvalue weighted by Gasteiger charge is 2.28. The van der Waals surface area contributed by atoms with Gasteiger partial charge in [0.15, 0.2) is 0 Å². The van der Waals surface area contributed by atoms with Gasteiger partial charge in [-0.2, -0.15) is 0 Å². The molecule has 1 aromatic rings. The second-order valence-electron chi connectivity index (χ2n) is 7.24. The van der Waals surface area contributed by atoms with E-state index < -0.39 is 0 Å². The first-order valence-corrected chi connectivity index (χ1v) is 8.77. The molecule has 3 rings (SSSR count). The summed E-state index contributed by atoms with van der Waals surface area (Å²) in [7, 11) is 1.71. The molecule has 1 aromatic carbocycles. The Hall–Kier alpha value is -1.71. The number of nitrogens with zero attached hydrogens (tertiary/aromatic N) is 2. The Balaban J connectivity index is 1.75. The van der Waals surface area contributed by atoms with Crippen LogP contribution in [-0.2, 0) is 11.2 Å². The zero-order chi connectivity index (χ0) is 16.4. The van der Waals surface area contributed by atoms with Crippen LogP contribution in [0.3, 0.4) is 0 Å². The highest BCUT2D eigenvalue weighted by Crippen LogP contribution is 2.36. The van der Waals surface area contributed by atoms with Crippen molar-refractivity contribution in [2.45, 2.75) is 33.1 Å². The van der Waals surface area contributed by atoms with Crippen molar-refractivity contribution in [1.82, 2.24) is 4.90 Å². The number of benzene rings is 1. The number of amides is 1. The Morgan fingerprint density at radius 1 is 1.26 bits per heavy atom. The lowest BCUT2D eigenvalue weighted by Gasteiger charge is -2.38. The highest BCUT2D eigenvalue weighted by atomic mass is 16.5. The van der Waals surface area contributed by atoms with Crippen LogP contribution in [0.2, 0.25) is 0 Å². The van der Waals surface area contributed by atoms with Crippen molar-refractivity contribution in [3.05, 3.63) is 23.8 Å². The fourth-order valence-electron chi connectivity index (χ4n) is 4.15. The molecule has 23 heavy (non-hydrogen) atoms. The van der Waals surface area contributed by atoms with Crippen LogP contribution in [-0.4, -0.2) is 44.1 Å². The number of rotatable bonds is 3. The average molecular weight is 316 g/mol. The van der Waals surface area contributed by atoms with E-state index in [1.165, 1.54) is 12.0 Å². The van der Waals surface area contributed by atoms with Gasteiger partial charge < -0.3 is 14.5 Å². The molecule has 0 N–H and O–H groups in total. The maximum Gasteiger partial charge on any atom is 0.242 e. The number of hydrogen-bond acceptors (Lipinski definition) is 3. The van der Waals surface area contributed by atoms with Crippen LogP contribution in [0, 0.1) is 11.8 Å². The summed E-state index contributed by atoms with van der Waals surface area (Å²) in [5.74, 6) is 2.34. The number of anilines is 1. The van der Waals surface area contributed by atoms with Gasteiger partial charge in [-0.05, 0) is 42.7 Å². The predicted octanol–water partition coefficient (Wildman–Crippen LogP) is 2.95. The van der Waals surface area contributed by atoms with Gasteiger partial charge in [-0.3, -0.25) is 4.79 Å². The normalized spacial score (nSPS) is 24.3. The number of piperidine rings is 1. The summed E-state index contributed by atoms with van der Waals surface area (Å²) < 4.78 is 5.54. The molecule has 0 aliphatic carbocycles. The van der Waals surface area contributed by atoms with Crippen molar-refractivity contribution in [1.29, 1.82) is 0 Å². The van der Waals surface area contributed by atoms with Crippen molar-refractivity contribution in [3.8, 4) is 5.75 Å². The highest BCUT2D eigenvalue weighted by molar-refractivity contribution is 5.83. The second kappa shape index (κ2) is 6.81. The summed E-state index contributed by atoms with van der Waals surface area (Å²) in [6.07, 6.45) is 3.39. The summed E-state index contributed by atoms with van der Waals surface area (Å²) >= 11 is 0. The lowest BCUT2D eigenvalue weighted by atomic mass is 9.92. The van der Waals surface area contributed by atoms with Crippen LogP contribution in [0.1, 0.15) is 32.3 Å². The van der Waals surface area contributed by atoms with Gasteiger partial charge in [-0.25, -0.2) is 0 Å². The number of hydrogen-bond donors (Lipinski definition) is 0. The molecule has 2 aliphatic rings. The van der Waals surface area contributed by atoms with E-state index in [0.29, 0.717) is 18.4 Å². The molecule has 2 unspecified atom stereocenters. The minimum Gasteiger partial charge on any atom is -0.495 e. The zero-order valence-corrected chi connectivity index (χ0v) is 14.5. The molecule has 0 bridgehead atoms. The Bertz CT molecular complexity index is 548. The third-order valence-electron chi connectivity index (χ3n) is 5.04. The number of aryl methyl sites for hydroxylation is 1. The van der Waals surface area contributed by atoms with Gasteiger partial charge in [0.2, 0.25) is 5.91 Å². The van der Waals surface area contributed by atoms with Gasteiger partial charge in [0.05, 0.1) is 19.3 Å². The third kappa shape index (κ3) is 3.46. The molecule has 1 amide bonds. The topological polar surface area (TPSA) is 32.8 Å². The Kier molecular flexibility index (Phi) is 4.79. The number of carbonyl (C=O) groups is 1. The lowest BCUT2D eigenvalue weighted by Crippen LogP contribution is -2.47. The summed E-state index contributed by atoms with van der Waals surface area (Å²) in [5, 5.41) is 0. The van der Waals surface area contributed by atoms with Crippen LogP contribution in [0.5, 0.6) is 5.75 Å². The maximum absolute atomic E-state index is 12.8. The summed E-state index contributed by atoms with van der Waals surface area (Å²) in [5.41, 5.74) is 2.41. The van der Waals surface area contributed by atoms with Crippen LogP contribution in [0.4, 0.5) is 5.69 Å². The van der Waals surface area contributed by atoms with E-state index in [4.69, 9.17) is 4.74 Å². The molecular weight excluding hydrogens is 288 g/mol. The molecule has 0 radical (unpaired) electrons. The lowest BCUT2D eigenvalue weighted by molar-refractivity contribution is -0.132. The molecule has 1 fully saturated rings. The van der Waals surface area contributed by atoms with E-state index in [1.807, 2.05) is 12.1 Å². The fraction of sp³-hybridized carbons (Fsp3) is 0.632. The van der Waals surface area contributed by atoms with Crippen LogP contribution < -0.4 is 9.64 Å². The van der Waals surface area contributed by atoms with Crippen molar-refractivity contribution in [2.24, 2.45) is 11.8 Å². The zero-order valence-electron chi connectivity index (χ0n) is 14.5.